The summed E-state index contributed by atoms with van der Waals surface area (Å²) >= 11 is 0. The molecule has 0 saturated carbocycles. The van der Waals surface area contributed by atoms with Gasteiger partial charge in [0.25, 0.3) is 0 Å². The first kappa shape index (κ1) is 17.5. The molecule has 1 aromatic carbocycles. The standard InChI is InChI=1S/C25H28/c1-17(2)22-14-11-19(4)25-23(15-20(5)24(25)16-22)8-6-7-21-12-9-18(3)10-13-21/h6-15,17H,16H2,1-5H3. The smallest absolute Gasteiger partial charge is 0.00525 e. The fourth-order valence-electron chi connectivity index (χ4n) is 3.50. The number of benzene rings is 1. The van der Waals surface area contributed by atoms with Crippen LogP contribution in [0.5, 0.6) is 0 Å². The zero-order valence-corrected chi connectivity index (χ0v) is 16.1. The Morgan fingerprint density at radius 3 is 2.32 bits per heavy atom. The molecule has 0 bridgehead atoms. The molecule has 0 spiro atoms. The Labute approximate surface area is 152 Å². The maximum atomic E-state index is 2.34. The van der Waals surface area contributed by atoms with E-state index >= 15 is 0 Å². The Morgan fingerprint density at radius 2 is 1.64 bits per heavy atom. The van der Waals surface area contributed by atoms with Crippen LogP contribution in [-0.4, -0.2) is 0 Å². The second kappa shape index (κ2) is 7.27. The van der Waals surface area contributed by atoms with Gasteiger partial charge in [-0.15, -0.1) is 0 Å². The Bertz CT molecular complexity index is 844. The summed E-state index contributed by atoms with van der Waals surface area (Å²) in [5.74, 6) is 0.596. The van der Waals surface area contributed by atoms with Crippen molar-refractivity contribution in [2.45, 2.75) is 41.0 Å². The average molecular weight is 328 g/mol. The van der Waals surface area contributed by atoms with Gasteiger partial charge in [-0.25, -0.2) is 0 Å². The Morgan fingerprint density at radius 1 is 0.920 bits per heavy atom. The summed E-state index contributed by atoms with van der Waals surface area (Å²) in [6.07, 6.45) is 14.6. The lowest BCUT2D eigenvalue weighted by atomic mass is 9.92. The van der Waals surface area contributed by atoms with E-state index in [1.165, 1.54) is 44.6 Å². The van der Waals surface area contributed by atoms with Crippen LogP contribution in [0.3, 0.4) is 0 Å². The molecule has 0 aromatic heterocycles. The quantitative estimate of drug-likeness (QED) is 0.554. The molecule has 0 atom stereocenters. The second-order valence-corrected chi connectivity index (χ2v) is 7.50. The molecule has 0 N–H and O–H groups in total. The highest BCUT2D eigenvalue weighted by atomic mass is 14.3. The molecular formula is C25H28. The van der Waals surface area contributed by atoms with E-state index in [-0.39, 0.29) is 0 Å². The first-order valence-electron chi connectivity index (χ1n) is 9.20. The third-order valence-corrected chi connectivity index (χ3v) is 5.14. The van der Waals surface area contributed by atoms with Crippen LogP contribution in [0.1, 0.15) is 45.2 Å². The van der Waals surface area contributed by atoms with Crippen molar-refractivity contribution >= 4 is 6.08 Å². The first-order valence-corrected chi connectivity index (χ1v) is 9.20. The highest BCUT2D eigenvalue weighted by molar-refractivity contribution is 5.68. The van der Waals surface area contributed by atoms with Crippen LogP contribution in [0, 0.1) is 12.8 Å². The van der Waals surface area contributed by atoms with Gasteiger partial charge in [0.2, 0.25) is 0 Å². The first-order chi connectivity index (χ1) is 12.0. The van der Waals surface area contributed by atoms with Crippen molar-refractivity contribution in [1.29, 1.82) is 0 Å². The molecule has 0 heteroatoms. The molecule has 0 unspecified atom stereocenters. The minimum Gasteiger partial charge on any atom is -0.0632 e. The number of allylic oxidation sites excluding steroid dienone is 11. The molecule has 0 fully saturated rings. The minimum atomic E-state index is 0.596. The zero-order chi connectivity index (χ0) is 18.0. The second-order valence-electron chi connectivity index (χ2n) is 7.50. The van der Waals surface area contributed by atoms with Crippen LogP contribution in [-0.2, 0) is 0 Å². The molecule has 3 rings (SSSR count). The SMILES string of the molecule is CC1=CC(=CC=Cc2ccc(C)cc2)C2=C1CC(C(C)C)=CC=C2C. The Balaban J connectivity index is 1.90. The van der Waals surface area contributed by atoms with Crippen LogP contribution >= 0.6 is 0 Å². The third kappa shape index (κ3) is 3.85. The van der Waals surface area contributed by atoms with Crippen molar-refractivity contribution < 1.29 is 0 Å². The summed E-state index contributed by atoms with van der Waals surface area (Å²) in [5.41, 5.74) is 11.1. The van der Waals surface area contributed by atoms with Crippen molar-refractivity contribution in [1.82, 2.24) is 0 Å². The number of rotatable bonds is 3. The van der Waals surface area contributed by atoms with E-state index < -0.39 is 0 Å². The summed E-state index contributed by atoms with van der Waals surface area (Å²) in [5, 5.41) is 0. The van der Waals surface area contributed by atoms with Crippen LogP contribution < -0.4 is 0 Å². The van der Waals surface area contributed by atoms with E-state index in [9.17, 15) is 0 Å². The molecule has 1 aromatic rings. The van der Waals surface area contributed by atoms with Crippen molar-refractivity contribution in [3.05, 3.63) is 99.2 Å². The largest absolute Gasteiger partial charge is 0.0632 e. The average Bonchev–Trinajstić information content (AvgIpc) is 2.76. The lowest BCUT2D eigenvalue weighted by molar-refractivity contribution is 0.740. The van der Waals surface area contributed by atoms with Crippen molar-refractivity contribution in [3.63, 3.8) is 0 Å². The van der Waals surface area contributed by atoms with Gasteiger partial charge in [0, 0.05) is 0 Å². The maximum absolute atomic E-state index is 2.34. The van der Waals surface area contributed by atoms with Crippen LogP contribution in [0.4, 0.5) is 0 Å². The lowest BCUT2D eigenvalue weighted by Gasteiger charge is -2.13. The van der Waals surface area contributed by atoms with Gasteiger partial charge in [-0.3, -0.25) is 0 Å². The molecule has 0 aliphatic heterocycles. The van der Waals surface area contributed by atoms with Gasteiger partial charge in [-0.2, -0.15) is 0 Å². The summed E-state index contributed by atoms with van der Waals surface area (Å²) in [7, 11) is 0. The van der Waals surface area contributed by atoms with Gasteiger partial charge in [-0.1, -0.05) is 85.7 Å². The van der Waals surface area contributed by atoms with Crippen LogP contribution in [0.15, 0.2) is 88.1 Å². The third-order valence-electron chi connectivity index (χ3n) is 5.14. The van der Waals surface area contributed by atoms with Gasteiger partial charge >= 0.3 is 0 Å². The Kier molecular flexibility index (Phi) is 5.08. The van der Waals surface area contributed by atoms with E-state index in [1.807, 2.05) is 0 Å². The number of hydrogen-bond acceptors (Lipinski definition) is 0. The molecule has 0 heterocycles. The van der Waals surface area contributed by atoms with Gasteiger partial charge in [0.1, 0.15) is 0 Å². The monoisotopic (exact) mass is 328 g/mol. The molecule has 0 nitrogen and oxygen atoms in total. The highest BCUT2D eigenvalue weighted by Gasteiger charge is 2.23. The predicted octanol–water partition coefficient (Wildman–Crippen LogP) is 7.12. The number of hydrogen-bond donors (Lipinski definition) is 0. The predicted molar refractivity (Wildman–Crippen MR) is 110 cm³/mol. The topological polar surface area (TPSA) is 0 Å². The molecule has 2 aliphatic rings. The van der Waals surface area contributed by atoms with E-state index in [0.29, 0.717) is 5.92 Å². The fourth-order valence-corrected chi connectivity index (χ4v) is 3.50. The molecule has 0 radical (unpaired) electrons. The molecule has 0 saturated heterocycles. The zero-order valence-electron chi connectivity index (χ0n) is 16.1. The molecule has 25 heavy (non-hydrogen) atoms. The lowest BCUT2D eigenvalue weighted by Crippen LogP contribution is -1.97. The van der Waals surface area contributed by atoms with E-state index in [2.05, 4.69) is 95.3 Å². The fraction of sp³-hybridized carbons (Fsp3) is 0.280. The summed E-state index contributed by atoms with van der Waals surface area (Å²) in [6, 6.07) is 8.65. The van der Waals surface area contributed by atoms with Crippen LogP contribution in [0.2, 0.25) is 0 Å². The Hall–Kier alpha value is -2.34. The summed E-state index contributed by atoms with van der Waals surface area (Å²) < 4.78 is 0. The number of aryl methyl sites for hydroxylation is 1. The van der Waals surface area contributed by atoms with E-state index in [0.717, 1.165) is 6.42 Å². The van der Waals surface area contributed by atoms with Crippen molar-refractivity contribution in [3.8, 4) is 0 Å². The molecule has 2 aliphatic carbocycles. The molecular weight excluding hydrogens is 300 g/mol. The van der Waals surface area contributed by atoms with Gasteiger partial charge in [0.15, 0.2) is 0 Å². The van der Waals surface area contributed by atoms with Crippen molar-refractivity contribution in [2.75, 3.05) is 0 Å². The highest BCUT2D eigenvalue weighted by Crippen LogP contribution is 2.41. The van der Waals surface area contributed by atoms with Gasteiger partial charge in [-0.05, 0) is 66.5 Å². The maximum Gasteiger partial charge on any atom is -0.00525 e. The van der Waals surface area contributed by atoms with Gasteiger partial charge in [0.05, 0.1) is 0 Å². The van der Waals surface area contributed by atoms with Crippen molar-refractivity contribution in [2.24, 2.45) is 5.92 Å². The van der Waals surface area contributed by atoms with E-state index in [4.69, 9.17) is 0 Å². The van der Waals surface area contributed by atoms with E-state index in [1.54, 1.807) is 0 Å². The van der Waals surface area contributed by atoms with Crippen LogP contribution in [0.25, 0.3) is 6.08 Å². The summed E-state index contributed by atoms with van der Waals surface area (Å²) in [4.78, 5) is 0. The normalized spacial score (nSPS) is 19.3. The minimum absolute atomic E-state index is 0.596. The molecule has 0 amide bonds. The summed E-state index contributed by atoms with van der Waals surface area (Å²) in [6.45, 7) is 11.2. The van der Waals surface area contributed by atoms with Gasteiger partial charge < -0.3 is 0 Å². The molecule has 128 valence electrons.